The Bertz CT molecular complexity index is 869. The highest BCUT2D eigenvalue weighted by Gasteiger charge is 2.14. The average Bonchev–Trinajstić information content (AvgIpc) is 2.99. The molecule has 6 heteroatoms. The van der Waals surface area contributed by atoms with E-state index in [0.29, 0.717) is 16.3 Å². The van der Waals surface area contributed by atoms with Gasteiger partial charge in [-0.3, -0.25) is 4.79 Å². The van der Waals surface area contributed by atoms with Crippen LogP contribution in [0.25, 0.3) is 10.9 Å². The molecule has 0 saturated heterocycles. The quantitative estimate of drug-likeness (QED) is 0.557. The minimum atomic E-state index is -0.588. The van der Waals surface area contributed by atoms with Gasteiger partial charge in [0.15, 0.2) is 12.4 Å². The third-order valence-electron chi connectivity index (χ3n) is 3.33. The van der Waals surface area contributed by atoms with Crippen LogP contribution in [0.4, 0.5) is 0 Å². The highest BCUT2D eigenvalue weighted by molar-refractivity contribution is 6.42. The summed E-state index contributed by atoms with van der Waals surface area (Å²) < 4.78 is 5.05. The van der Waals surface area contributed by atoms with Gasteiger partial charge in [0.1, 0.15) is 5.69 Å². The van der Waals surface area contributed by atoms with Gasteiger partial charge in [-0.1, -0.05) is 41.4 Å². The maximum atomic E-state index is 12.0. The van der Waals surface area contributed by atoms with Crippen molar-refractivity contribution >= 4 is 45.9 Å². The topological polar surface area (TPSA) is 59.2 Å². The first-order valence-corrected chi connectivity index (χ1v) is 7.53. The van der Waals surface area contributed by atoms with E-state index in [1.165, 1.54) is 18.2 Å². The lowest BCUT2D eigenvalue weighted by atomic mass is 10.1. The van der Waals surface area contributed by atoms with E-state index < -0.39 is 5.97 Å². The van der Waals surface area contributed by atoms with Crippen molar-refractivity contribution in [1.29, 1.82) is 0 Å². The van der Waals surface area contributed by atoms with Gasteiger partial charge in [0.25, 0.3) is 0 Å². The predicted molar refractivity (Wildman–Crippen MR) is 89.4 cm³/mol. The van der Waals surface area contributed by atoms with Crippen LogP contribution in [0.3, 0.4) is 0 Å². The number of esters is 1. The molecule has 1 heterocycles. The molecule has 0 atom stereocenters. The van der Waals surface area contributed by atoms with Crippen LogP contribution in [0.5, 0.6) is 0 Å². The van der Waals surface area contributed by atoms with E-state index >= 15 is 0 Å². The molecular formula is C17H11Cl2NO3. The van der Waals surface area contributed by atoms with Crippen LogP contribution in [0.1, 0.15) is 20.8 Å². The molecule has 3 aromatic rings. The minimum absolute atomic E-state index is 0.277. The second-order valence-electron chi connectivity index (χ2n) is 4.90. The highest BCUT2D eigenvalue weighted by atomic mass is 35.5. The Balaban J connectivity index is 1.68. The number of aromatic nitrogens is 1. The number of H-pyrrole nitrogens is 1. The summed E-state index contributed by atoms with van der Waals surface area (Å²) in [5.41, 5.74) is 1.47. The standard InChI is InChI=1S/C17H11Cl2NO3/c18-12-6-5-11(7-13(12)19)16(21)9-23-17(22)15-8-10-3-1-2-4-14(10)20-15/h1-8,20H,9H2. The van der Waals surface area contributed by atoms with Crippen LogP contribution in [-0.4, -0.2) is 23.3 Å². The van der Waals surface area contributed by atoms with Crippen molar-refractivity contribution in [2.75, 3.05) is 6.61 Å². The average molecular weight is 348 g/mol. The van der Waals surface area contributed by atoms with E-state index in [4.69, 9.17) is 27.9 Å². The Kier molecular flexibility index (Phi) is 4.37. The number of fused-ring (bicyclic) bond motifs is 1. The first-order valence-electron chi connectivity index (χ1n) is 6.78. The molecule has 3 rings (SSSR count). The zero-order valence-electron chi connectivity index (χ0n) is 11.8. The molecule has 0 unspecified atom stereocenters. The van der Waals surface area contributed by atoms with Gasteiger partial charge in [-0.25, -0.2) is 4.79 Å². The zero-order chi connectivity index (χ0) is 16.4. The Morgan fingerprint density at radius 2 is 1.78 bits per heavy atom. The number of rotatable bonds is 4. The summed E-state index contributed by atoms with van der Waals surface area (Å²) >= 11 is 11.7. The number of nitrogens with one attached hydrogen (secondary N) is 1. The number of benzene rings is 2. The number of halogens is 2. The van der Waals surface area contributed by atoms with Crippen LogP contribution in [-0.2, 0) is 4.74 Å². The SMILES string of the molecule is O=C(COC(=O)c1cc2ccccc2[nH]1)c1ccc(Cl)c(Cl)c1. The molecule has 2 aromatic carbocycles. The minimum Gasteiger partial charge on any atom is -0.453 e. The van der Waals surface area contributed by atoms with E-state index in [0.717, 1.165) is 10.9 Å². The molecule has 0 amide bonds. The summed E-state index contributed by atoms with van der Waals surface area (Å²) in [6.45, 7) is -0.369. The predicted octanol–water partition coefficient (Wildman–Crippen LogP) is 4.51. The van der Waals surface area contributed by atoms with Crippen LogP contribution < -0.4 is 0 Å². The molecule has 1 aromatic heterocycles. The lowest BCUT2D eigenvalue weighted by Gasteiger charge is -2.04. The van der Waals surface area contributed by atoms with Crippen molar-refractivity contribution < 1.29 is 14.3 Å². The molecule has 0 bridgehead atoms. The molecule has 0 aliphatic heterocycles. The first-order chi connectivity index (χ1) is 11.0. The van der Waals surface area contributed by atoms with E-state index in [1.807, 2.05) is 24.3 Å². The largest absolute Gasteiger partial charge is 0.453 e. The number of Topliss-reactive ketones (excluding diaryl/α,β-unsaturated/α-hetero) is 1. The van der Waals surface area contributed by atoms with Gasteiger partial charge in [-0.15, -0.1) is 0 Å². The Labute approximate surface area is 142 Å². The first kappa shape index (κ1) is 15.6. The number of ether oxygens (including phenoxy) is 1. The number of ketones is 1. The van der Waals surface area contributed by atoms with E-state index in [9.17, 15) is 9.59 Å². The fraction of sp³-hybridized carbons (Fsp3) is 0.0588. The third-order valence-corrected chi connectivity index (χ3v) is 4.06. The number of aromatic amines is 1. The van der Waals surface area contributed by atoms with Crippen molar-refractivity contribution in [3.8, 4) is 0 Å². The lowest BCUT2D eigenvalue weighted by molar-refractivity contribution is 0.0470. The maximum Gasteiger partial charge on any atom is 0.355 e. The van der Waals surface area contributed by atoms with Crippen LogP contribution in [0.2, 0.25) is 10.0 Å². The Morgan fingerprint density at radius 3 is 2.52 bits per heavy atom. The summed E-state index contributed by atoms with van der Waals surface area (Å²) in [5, 5.41) is 1.54. The summed E-state index contributed by atoms with van der Waals surface area (Å²) in [6, 6.07) is 13.7. The summed E-state index contributed by atoms with van der Waals surface area (Å²) in [7, 11) is 0. The molecule has 0 spiro atoms. The second-order valence-corrected chi connectivity index (χ2v) is 5.71. The molecule has 1 N–H and O–H groups in total. The molecule has 0 saturated carbocycles. The van der Waals surface area contributed by atoms with Crippen LogP contribution >= 0.6 is 23.2 Å². The van der Waals surface area contributed by atoms with E-state index in [2.05, 4.69) is 4.98 Å². The van der Waals surface area contributed by atoms with Crippen LogP contribution in [0.15, 0.2) is 48.5 Å². The fourth-order valence-corrected chi connectivity index (χ4v) is 2.44. The smallest absolute Gasteiger partial charge is 0.355 e. The zero-order valence-corrected chi connectivity index (χ0v) is 13.3. The molecule has 0 aliphatic rings. The Hall–Kier alpha value is -2.30. The number of para-hydroxylation sites is 1. The van der Waals surface area contributed by atoms with Crippen molar-refractivity contribution in [2.45, 2.75) is 0 Å². The molecule has 0 radical (unpaired) electrons. The summed E-state index contributed by atoms with van der Waals surface area (Å²) in [4.78, 5) is 27.0. The van der Waals surface area contributed by atoms with Gasteiger partial charge in [0.2, 0.25) is 0 Å². The number of hydrogen-bond acceptors (Lipinski definition) is 3. The molecule has 116 valence electrons. The van der Waals surface area contributed by atoms with Gasteiger partial charge in [0, 0.05) is 16.5 Å². The molecule has 0 fully saturated rings. The van der Waals surface area contributed by atoms with E-state index in [-0.39, 0.29) is 17.4 Å². The van der Waals surface area contributed by atoms with Crippen molar-refractivity contribution in [1.82, 2.24) is 4.98 Å². The normalized spacial score (nSPS) is 10.7. The summed E-state index contributed by atoms with van der Waals surface area (Å²) in [6.07, 6.45) is 0. The van der Waals surface area contributed by atoms with Crippen LogP contribution in [0, 0.1) is 0 Å². The number of carbonyl (C=O) groups excluding carboxylic acids is 2. The number of hydrogen-bond donors (Lipinski definition) is 1. The maximum absolute atomic E-state index is 12.0. The lowest BCUT2D eigenvalue weighted by Crippen LogP contribution is -2.14. The Morgan fingerprint density at radius 1 is 1.00 bits per heavy atom. The van der Waals surface area contributed by atoms with Gasteiger partial charge in [-0.2, -0.15) is 0 Å². The monoisotopic (exact) mass is 347 g/mol. The second kappa shape index (κ2) is 6.44. The highest BCUT2D eigenvalue weighted by Crippen LogP contribution is 2.23. The third kappa shape index (κ3) is 3.38. The van der Waals surface area contributed by atoms with Crippen molar-refractivity contribution in [3.63, 3.8) is 0 Å². The van der Waals surface area contributed by atoms with Crippen molar-refractivity contribution in [3.05, 3.63) is 69.8 Å². The van der Waals surface area contributed by atoms with Gasteiger partial charge >= 0.3 is 5.97 Å². The van der Waals surface area contributed by atoms with E-state index in [1.54, 1.807) is 6.07 Å². The molecule has 0 aliphatic carbocycles. The van der Waals surface area contributed by atoms with Gasteiger partial charge in [0.05, 0.1) is 10.0 Å². The fourth-order valence-electron chi connectivity index (χ4n) is 2.15. The van der Waals surface area contributed by atoms with Crippen molar-refractivity contribution in [2.24, 2.45) is 0 Å². The molecule has 4 nitrogen and oxygen atoms in total. The number of carbonyl (C=O) groups is 2. The summed E-state index contributed by atoms with van der Waals surface area (Å²) in [5.74, 6) is -0.942. The molecular weight excluding hydrogens is 337 g/mol. The van der Waals surface area contributed by atoms with Gasteiger partial charge in [-0.05, 0) is 30.3 Å². The molecule has 23 heavy (non-hydrogen) atoms. The van der Waals surface area contributed by atoms with Gasteiger partial charge < -0.3 is 9.72 Å².